The minimum absolute atomic E-state index is 0.0504. The number of allylic oxidation sites excluding steroid dienone is 1. The van der Waals surface area contributed by atoms with Crippen molar-refractivity contribution in [3.63, 3.8) is 0 Å². The summed E-state index contributed by atoms with van der Waals surface area (Å²) in [6, 6.07) is 0. The molecule has 0 saturated heterocycles. The smallest absolute Gasteiger partial charge is 0.158 e. The van der Waals surface area contributed by atoms with E-state index in [0.717, 1.165) is 18.1 Å². The van der Waals surface area contributed by atoms with E-state index < -0.39 is 0 Å². The highest BCUT2D eigenvalue weighted by Gasteiger charge is 2.20. The molecule has 1 aliphatic heterocycles. The number of hydrogen-bond acceptors (Lipinski definition) is 3. The van der Waals surface area contributed by atoms with Crippen LogP contribution in [0, 0.1) is 6.92 Å². The van der Waals surface area contributed by atoms with E-state index in [9.17, 15) is 4.79 Å². The minimum atomic E-state index is 0.0504. The first-order valence-electron chi connectivity index (χ1n) is 4.63. The number of hydrogen-bond donors (Lipinski definition) is 1. The molecule has 1 aliphatic rings. The average molecular weight is 191 g/mol. The van der Waals surface area contributed by atoms with Gasteiger partial charge in [0.25, 0.3) is 0 Å². The number of nitrogens with two attached hydrogens (primary N) is 1. The zero-order chi connectivity index (χ0) is 10.3. The van der Waals surface area contributed by atoms with Gasteiger partial charge in [-0.1, -0.05) is 0 Å². The molecule has 2 heterocycles. The van der Waals surface area contributed by atoms with E-state index >= 15 is 0 Å². The van der Waals surface area contributed by atoms with Gasteiger partial charge in [-0.15, -0.1) is 0 Å². The first-order chi connectivity index (χ1) is 6.59. The Balaban J connectivity index is 2.55. The van der Waals surface area contributed by atoms with Crippen LogP contribution in [0.4, 0.5) is 0 Å². The van der Waals surface area contributed by atoms with Gasteiger partial charge in [-0.25, -0.2) is 4.98 Å². The molecule has 0 amide bonds. The van der Waals surface area contributed by atoms with Crippen LogP contribution in [0.2, 0.25) is 0 Å². The molecule has 2 N–H and O–H groups in total. The number of aryl methyl sites for hydroxylation is 2. The van der Waals surface area contributed by atoms with E-state index in [4.69, 9.17) is 5.73 Å². The number of nitrogens with zero attached hydrogens (tertiary/aromatic N) is 2. The lowest BCUT2D eigenvalue weighted by molar-refractivity contribution is -0.113. The Kier molecular flexibility index (Phi) is 1.91. The Hall–Kier alpha value is -1.58. The SMILES string of the molecule is CC(=O)C1=C(N)c2nc(C)cn2CC1. The Bertz CT molecular complexity index is 429. The predicted octanol–water partition coefficient (Wildman–Crippen LogP) is 0.854. The number of aromatic nitrogens is 2. The van der Waals surface area contributed by atoms with Crippen molar-refractivity contribution in [1.29, 1.82) is 0 Å². The molecule has 0 aromatic carbocycles. The van der Waals surface area contributed by atoms with Crippen LogP contribution in [0.1, 0.15) is 24.9 Å². The predicted molar refractivity (Wildman–Crippen MR) is 53.4 cm³/mol. The third kappa shape index (κ3) is 1.23. The molecule has 0 atom stereocenters. The quantitative estimate of drug-likeness (QED) is 0.716. The molecular weight excluding hydrogens is 178 g/mol. The lowest BCUT2D eigenvalue weighted by Gasteiger charge is -2.17. The van der Waals surface area contributed by atoms with Crippen molar-refractivity contribution in [2.75, 3.05) is 0 Å². The fourth-order valence-electron chi connectivity index (χ4n) is 1.80. The van der Waals surface area contributed by atoms with Gasteiger partial charge in [0.1, 0.15) is 0 Å². The molecular formula is C10H13N3O. The Labute approximate surface area is 82.4 Å². The van der Waals surface area contributed by atoms with Gasteiger partial charge in [0.15, 0.2) is 11.6 Å². The number of carbonyl (C=O) groups is 1. The van der Waals surface area contributed by atoms with Crippen molar-refractivity contribution >= 4 is 11.5 Å². The molecule has 0 unspecified atom stereocenters. The molecule has 74 valence electrons. The number of carbonyl (C=O) groups excluding carboxylic acids is 1. The summed E-state index contributed by atoms with van der Waals surface area (Å²) >= 11 is 0. The van der Waals surface area contributed by atoms with Crippen molar-refractivity contribution in [2.24, 2.45) is 5.73 Å². The maximum absolute atomic E-state index is 11.3. The highest BCUT2D eigenvalue weighted by molar-refractivity contribution is 6.00. The zero-order valence-electron chi connectivity index (χ0n) is 8.37. The van der Waals surface area contributed by atoms with Crippen molar-refractivity contribution < 1.29 is 4.79 Å². The molecule has 1 aromatic heterocycles. The summed E-state index contributed by atoms with van der Waals surface area (Å²) in [4.78, 5) is 15.5. The summed E-state index contributed by atoms with van der Waals surface area (Å²) in [6.07, 6.45) is 2.67. The summed E-state index contributed by atoms with van der Waals surface area (Å²) < 4.78 is 2.00. The van der Waals surface area contributed by atoms with Crippen LogP contribution in [-0.2, 0) is 11.3 Å². The summed E-state index contributed by atoms with van der Waals surface area (Å²) in [5.74, 6) is 0.786. The Morgan fingerprint density at radius 2 is 2.36 bits per heavy atom. The fraction of sp³-hybridized carbons (Fsp3) is 0.400. The molecule has 0 radical (unpaired) electrons. The maximum atomic E-state index is 11.3. The fourth-order valence-corrected chi connectivity index (χ4v) is 1.80. The lowest BCUT2D eigenvalue weighted by atomic mass is 10.0. The molecule has 1 aromatic rings. The van der Waals surface area contributed by atoms with Gasteiger partial charge in [0.05, 0.1) is 11.4 Å². The third-order valence-electron chi connectivity index (χ3n) is 2.49. The van der Waals surface area contributed by atoms with Gasteiger partial charge in [-0.05, 0) is 20.3 Å². The molecule has 4 nitrogen and oxygen atoms in total. The van der Waals surface area contributed by atoms with Gasteiger partial charge in [-0.3, -0.25) is 4.79 Å². The van der Waals surface area contributed by atoms with E-state index in [1.807, 2.05) is 17.7 Å². The lowest BCUT2D eigenvalue weighted by Crippen LogP contribution is -2.19. The summed E-state index contributed by atoms with van der Waals surface area (Å²) in [7, 11) is 0. The van der Waals surface area contributed by atoms with Crippen LogP contribution in [-0.4, -0.2) is 15.3 Å². The van der Waals surface area contributed by atoms with Crippen LogP contribution >= 0.6 is 0 Å². The van der Waals surface area contributed by atoms with Crippen molar-refractivity contribution in [2.45, 2.75) is 26.8 Å². The van der Waals surface area contributed by atoms with Gasteiger partial charge in [0.2, 0.25) is 0 Å². The highest BCUT2D eigenvalue weighted by Crippen LogP contribution is 2.23. The molecule has 0 fully saturated rings. The topological polar surface area (TPSA) is 60.9 Å². The first kappa shape index (κ1) is 8.99. The zero-order valence-corrected chi connectivity index (χ0v) is 8.37. The summed E-state index contributed by atoms with van der Waals surface area (Å²) in [5.41, 5.74) is 8.07. The first-order valence-corrected chi connectivity index (χ1v) is 4.63. The van der Waals surface area contributed by atoms with Crippen LogP contribution in [0.15, 0.2) is 11.8 Å². The highest BCUT2D eigenvalue weighted by atomic mass is 16.1. The number of ketones is 1. The van der Waals surface area contributed by atoms with Gasteiger partial charge < -0.3 is 10.3 Å². The number of rotatable bonds is 1. The number of imidazole rings is 1. The summed E-state index contributed by atoms with van der Waals surface area (Å²) in [6.45, 7) is 4.27. The largest absolute Gasteiger partial charge is 0.395 e. The second kappa shape index (κ2) is 2.97. The van der Waals surface area contributed by atoms with Crippen molar-refractivity contribution in [3.05, 3.63) is 23.3 Å². The Morgan fingerprint density at radius 3 is 3.00 bits per heavy atom. The van der Waals surface area contributed by atoms with E-state index in [1.165, 1.54) is 0 Å². The molecule has 0 aliphatic carbocycles. The van der Waals surface area contributed by atoms with Crippen LogP contribution in [0.5, 0.6) is 0 Å². The van der Waals surface area contributed by atoms with Crippen LogP contribution in [0.3, 0.4) is 0 Å². The standard InChI is InChI=1S/C10H13N3O/c1-6-5-13-4-3-8(7(2)14)9(11)10(13)12-6/h5H,3-4,11H2,1-2H3. The molecule has 0 bridgehead atoms. The molecule has 2 rings (SSSR count). The second-order valence-electron chi connectivity index (χ2n) is 3.60. The molecule has 0 spiro atoms. The van der Waals surface area contributed by atoms with Gasteiger partial charge >= 0.3 is 0 Å². The Morgan fingerprint density at radius 1 is 1.64 bits per heavy atom. The minimum Gasteiger partial charge on any atom is -0.395 e. The van der Waals surface area contributed by atoms with E-state index in [2.05, 4.69) is 4.98 Å². The van der Waals surface area contributed by atoms with E-state index in [0.29, 0.717) is 17.7 Å². The maximum Gasteiger partial charge on any atom is 0.158 e. The van der Waals surface area contributed by atoms with Crippen LogP contribution in [0.25, 0.3) is 5.70 Å². The van der Waals surface area contributed by atoms with Crippen LogP contribution < -0.4 is 5.73 Å². The molecule has 4 heteroatoms. The second-order valence-corrected chi connectivity index (χ2v) is 3.60. The number of fused-ring (bicyclic) bond motifs is 1. The van der Waals surface area contributed by atoms with Gasteiger partial charge in [0, 0.05) is 18.3 Å². The van der Waals surface area contributed by atoms with E-state index in [-0.39, 0.29) is 5.78 Å². The monoisotopic (exact) mass is 191 g/mol. The number of Topliss-reactive ketones (excluding diaryl/α,β-unsaturated/α-hetero) is 1. The van der Waals surface area contributed by atoms with E-state index in [1.54, 1.807) is 6.92 Å². The van der Waals surface area contributed by atoms with Crippen molar-refractivity contribution in [3.8, 4) is 0 Å². The molecule has 0 saturated carbocycles. The van der Waals surface area contributed by atoms with Gasteiger partial charge in [-0.2, -0.15) is 0 Å². The normalized spacial score (nSPS) is 15.6. The summed E-state index contributed by atoms with van der Waals surface area (Å²) in [5, 5.41) is 0. The third-order valence-corrected chi connectivity index (χ3v) is 2.49. The average Bonchev–Trinajstić information content (AvgIpc) is 2.46. The molecule has 14 heavy (non-hydrogen) atoms. The van der Waals surface area contributed by atoms with Crippen molar-refractivity contribution in [1.82, 2.24) is 9.55 Å².